The zero-order chi connectivity index (χ0) is 20.1. The lowest BCUT2D eigenvalue weighted by molar-refractivity contribution is -0.118. The van der Waals surface area contributed by atoms with Crippen LogP contribution in [0.15, 0.2) is 60.7 Å². The van der Waals surface area contributed by atoms with E-state index in [1.165, 1.54) is 5.56 Å². The summed E-state index contributed by atoms with van der Waals surface area (Å²) in [6.07, 6.45) is 1.93. The molecule has 6 heteroatoms. The lowest BCUT2D eigenvalue weighted by Gasteiger charge is -2.33. The molecule has 0 spiro atoms. The summed E-state index contributed by atoms with van der Waals surface area (Å²) in [6, 6.07) is 20.5. The highest BCUT2D eigenvalue weighted by molar-refractivity contribution is 5.67. The van der Waals surface area contributed by atoms with Crippen LogP contribution in [0.4, 0.5) is 17.5 Å². The van der Waals surface area contributed by atoms with E-state index in [-0.39, 0.29) is 0 Å². The predicted octanol–water partition coefficient (Wildman–Crippen LogP) is 3.73. The van der Waals surface area contributed by atoms with E-state index in [9.17, 15) is 4.79 Å². The summed E-state index contributed by atoms with van der Waals surface area (Å²) in [4.78, 5) is 24.5. The number of hydrogen-bond donors (Lipinski definition) is 1. The fraction of sp³-hybridized carbons (Fsp3) is 0.261. The molecule has 29 heavy (non-hydrogen) atoms. The number of aryl methyl sites for hydroxylation is 1. The third-order valence-electron chi connectivity index (χ3n) is 5.19. The lowest BCUT2D eigenvalue weighted by Crippen LogP contribution is -2.46. The van der Waals surface area contributed by atoms with Crippen molar-refractivity contribution in [2.24, 2.45) is 0 Å². The van der Waals surface area contributed by atoms with E-state index in [4.69, 9.17) is 9.97 Å². The summed E-state index contributed by atoms with van der Waals surface area (Å²) in [6.45, 7) is 5.07. The van der Waals surface area contributed by atoms with Gasteiger partial charge in [0, 0.05) is 43.5 Å². The van der Waals surface area contributed by atoms with Crippen molar-refractivity contribution in [3.8, 4) is 11.3 Å². The highest BCUT2D eigenvalue weighted by atomic mass is 16.1. The largest absolute Gasteiger partial charge is 0.353 e. The summed E-state index contributed by atoms with van der Waals surface area (Å²) in [5, 5.41) is 3.35. The first-order valence-corrected chi connectivity index (χ1v) is 10.00. The molecule has 148 valence electrons. The van der Waals surface area contributed by atoms with Crippen LogP contribution in [0.5, 0.6) is 0 Å². The molecule has 0 aliphatic carbocycles. The van der Waals surface area contributed by atoms with E-state index in [1.807, 2.05) is 24.3 Å². The van der Waals surface area contributed by atoms with Crippen LogP contribution in [0.25, 0.3) is 11.3 Å². The second-order valence-corrected chi connectivity index (χ2v) is 7.10. The van der Waals surface area contributed by atoms with Gasteiger partial charge in [-0.1, -0.05) is 49.4 Å². The summed E-state index contributed by atoms with van der Waals surface area (Å²) in [5.41, 5.74) is 4.18. The number of amides is 1. The zero-order valence-corrected chi connectivity index (χ0v) is 16.6. The third-order valence-corrected chi connectivity index (χ3v) is 5.19. The Balaban J connectivity index is 1.65. The molecule has 0 bridgehead atoms. The summed E-state index contributed by atoms with van der Waals surface area (Å²) in [7, 11) is 0. The molecule has 1 fully saturated rings. The van der Waals surface area contributed by atoms with E-state index in [0.29, 0.717) is 19.0 Å². The molecule has 0 saturated carbocycles. The van der Waals surface area contributed by atoms with Crippen LogP contribution in [-0.2, 0) is 11.2 Å². The van der Waals surface area contributed by atoms with E-state index in [0.717, 1.165) is 48.7 Å². The first-order valence-electron chi connectivity index (χ1n) is 10.00. The molecule has 0 unspecified atom stereocenters. The Morgan fingerprint density at radius 3 is 2.34 bits per heavy atom. The molecule has 1 saturated heterocycles. The quantitative estimate of drug-likeness (QED) is 0.653. The summed E-state index contributed by atoms with van der Waals surface area (Å²) >= 11 is 0. The number of hydrogen-bond acceptors (Lipinski definition) is 5. The highest BCUT2D eigenvalue weighted by Crippen LogP contribution is 2.25. The Morgan fingerprint density at radius 1 is 0.966 bits per heavy atom. The van der Waals surface area contributed by atoms with Crippen LogP contribution < -0.4 is 10.2 Å². The van der Waals surface area contributed by atoms with Gasteiger partial charge in [-0.3, -0.25) is 4.79 Å². The van der Waals surface area contributed by atoms with Crippen LogP contribution in [0.1, 0.15) is 12.5 Å². The number of aromatic nitrogens is 2. The average molecular weight is 387 g/mol. The van der Waals surface area contributed by atoms with E-state index in [2.05, 4.69) is 53.5 Å². The molecule has 6 nitrogen and oxygen atoms in total. The molecule has 0 radical (unpaired) electrons. The Hall–Kier alpha value is -3.41. The Kier molecular flexibility index (Phi) is 5.70. The normalized spacial score (nSPS) is 14.0. The highest BCUT2D eigenvalue weighted by Gasteiger charge is 2.18. The van der Waals surface area contributed by atoms with Crippen LogP contribution in [0.2, 0.25) is 0 Å². The monoisotopic (exact) mass is 387 g/mol. The van der Waals surface area contributed by atoms with Gasteiger partial charge in [0.15, 0.2) is 0 Å². The number of rotatable bonds is 6. The van der Waals surface area contributed by atoms with Gasteiger partial charge in [-0.05, 0) is 24.1 Å². The molecule has 1 aliphatic rings. The second kappa shape index (κ2) is 8.73. The smallest absolute Gasteiger partial charge is 0.229 e. The average Bonchev–Trinajstić information content (AvgIpc) is 2.80. The van der Waals surface area contributed by atoms with E-state index in [1.54, 1.807) is 4.90 Å². The van der Waals surface area contributed by atoms with Gasteiger partial charge in [-0.15, -0.1) is 0 Å². The zero-order valence-electron chi connectivity index (χ0n) is 16.6. The number of nitrogens with zero attached hydrogens (tertiary/aromatic N) is 4. The van der Waals surface area contributed by atoms with Crippen molar-refractivity contribution < 1.29 is 4.79 Å². The second-order valence-electron chi connectivity index (χ2n) is 7.10. The molecule has 2 aromatic carbocycles. The van der Waals surface area contributed by atoms with Crippen molar-refractivity contribution in [1.82, 2.24) is 14.9 Å². The maximum absolute atomic E-state index is 11.0. The van der Waals surface area contributed by atoms with Gasteiger partial charge in [-0.2, -0.15) is 4.98 Å². The van der Waals surface area contributed by atoms with Gasteiger partial charge in [-0.25, -0.2) is 4.98 Å². The van der Waals surface area contributed by atoms with E-state index >= 15 is 0 Å². The summed E-state index contributed by atoms with van der Waals surface area (Å²) < 4.78 is 0. The molecule has 1 aromatic heterocycles. The van der Waals surface area contributed by atoms with Gasteiger partial charge in [0.25, 0.3) is 0 Å². The molecular formula is C23H25N5O. The lowest BCUT2D eigenvalue weighted by atomic mass is 10.1. The van der Waals surface area contributed by atoms with Gasteiger partial charge >= 0.3 is 0 Å². The van der Waals surface area contributed by atoms with Crippen molar-refractivity contribution in [2.75, 3.05) is 36.4 Å². The SMILES string of the molecule is CCc1ccc(Nc2nc(-c3ccccc3)cc(N3CCN(C=O)CC3)n2)cc1. The van der Waals surface area contributed by atoms with E-state index < -0.39 is 0 Å². The molecule has 1 amide bonds. The molecule has 0 atom stereocenters. The molecule has 1 N–H and O–H groups in total. The van der Waals surface area contributed by atoms with Crippen LogP contribution in [-0.4, -0.2) is 47.5 Å². The molecule has 2 heterocycles. The predicted molar refractivity (Wildman–Crippen MR) is 116 cm³/mol. The fourth-order valence-electron chi connectivity index (χ4n) is 3.42. The number of carbonyl (C=O) groups excluding carboxylic acids is 1. The Morgan fingerprint density at radius 2 is 1.69 bits per heavy atom. The first kappa shape index (κ1) is 18.9. The fourth-order valence-corrected chi connectivity index (χ4v) is 3.42. The minimum Gasteiger partial charge on any atom is -0.353 e. The maximum Gasteiger partial charge on any atom is 0.229 e. The van der Waals surface area contributed by atoms with Crippen molar-refractivity contribution in [2.45, 2.75) is 13.3 Å². The van der Waals surface area contributed by atoms with Crippen molar-refractivity contribution in [3.63, 3.8) is 0 Å². The number of nitrogens with one attached hydrogen (secondary N) is 1. The van der Waals surface area contributed by atoms with Gasteiger partial charge < -0.3 is 15.1 Å². The van der Waals surface area contributed by atoms with Crippen molar-refractivity contribution in [1.29, 1.82) is 0 Å². The third kappa shape index (κ3) is 4.54. The maximum atomic E-state index is 11.0. The van der Waals surface area contributed by atoms with Crippen LogP contribution in [0.3, 0.4) is 0 Å². The minimum atomic E-state index is 0.573. The van der Waals surface area contributed by atoms with Crippen molar-refractivity contribution in [3.05, 3.63) is 66.2 Å². The molecule has 1 aliphatic heterocycles. The van der Waals surface area contributed by atoms with Gasteiger partial charge in [0.05, 0.1) is 5.69 Å². The Labute approximate surface area is 171 Å². The first-order chi connectivity index (χ1) is 14.2. The van der Waals surface area contributed by atoms with Crippen LogP contribution in [0, 0.1) is 0 Å². The summed E-state index contributed by atoms with van der Waals surface area (Å²) in [5.74, 6) is 1.44. The number of piperazine rings is 1. The van der Waals surface area contributed by atoms with Crippen LogP contribution >= 0.6 is 0 Å². The topological polar surface area (TPSA) is 61.4 Å². The van der Waals surface area contributed by atoms with Gasteiger partial charge in [0.1, 0.15) is 5.82 Å². The Bertz CT molecular complexity index is 951. The minimum absolute atomic E-state index is 0.573. The van der Waals surface area contributed by atoms with Crippen molar-refractivity contribution >= 4 is 23.9 Å². The molecule has 4 rings (SSSR count). The number of benzene rings is 2. The number of anilines is 3. The molecular weight excluding hydrogens is 362 g/mol. The number of carbonyl (C=O) groups is 1. The molecule has 3 aromatic rings. The standard InChI is InChI=1S/C23H25N5O/c1-2-18-8-10-20(11-9-18)24-23-25-21(19-6-4-3-5-7-19)16-22(26-23)28-14-12-27(17-29)13-15-28/h3-11,16-17H,2,12-15H2,1H3,(H,24,25,26). The van der Waals surface area contributed by atoms with Gasteiger partial charge in [0.2, 0.25) is 12.4 Å².